The van der Waals surface area contributed by atoms with Crippen LogP contribution in [0.15, 0.2) is 0 Å². The Morgan fingerprint density at radius 2 is 1.73 bits per heavy atom. The highest BCUT2D eigenvalue weighted by molar-refractivity contribution is 5.84. The lowest BCUT2D eigenvalue weighted by Gasteiger charge is -2.20. The second-order valence-electron chi connectivity index (χ2n) is 4.41. The van der Waals surface area contributed by atoms with Gasteiger partial charge < -0.3 is 16.0 Å². The maximum Gasteiger partial charge on any atom is 0.315 e. The van der Waals surface area contributed by atoms with Crippen molar-refractivity contribution >= 4 is 11.9 Å². The normalized spacial score (nSPS) is 10.7. The van der Waals surface area contributed by atoms with Gasteiger partial charge in [-0.05, 0) is 27.2 Å². The highest BCUT2D eigenvalue weighted by atomic mass is 16.2. The first kappa shape index (κ1) is 13.7. The van der Waals surface area contributed by atoms with Crippen LogP contribution in [-0.4, -0.2) is 30.6 Å². The molecule has 5 nitrogen and oxygen atoms in total. The third kappa shape index (κ3) is 9.05. The predicted octanol–water partition coefficient (Wildman–Crippen LogP) is 0.610. The number of hydrogen-bond acceptors (Lipinski definition) is 2. The Labute approximate surface area is 91.0 Å². The van der Waals surface area contributed by atoms with Crippen molar-refractivity contribution in [3.8, 4) is 0 Å². The highest BCUT2D eigenvalue weighted by Gasteiger charge is 2.13. The maximum atomic E-state index is 11.2. The monoisotopic (exact) mass is 215 g/mol. The molecule has 0 aliphatic carbocycles. The van der Waals surface area contributed by atoms with E-state index in [4.69, 9.17) is 0 Å². The van der Waals surface area contributed by atoms with Crippen molar-refractivity contribution in [1.82, 2.24) is 16.0 Å². The van der Waals surface area contributed by atoms with E-state index < -0.39 is 0 Å². The van der Waals surface area contributed by atoms with Gasteiger partial charge in [0.15, 0.2) is 0 Å². The molecule has 3 N–H and O–H groups in total. The molecule has 0 aromatic carbocycles. The van der Waals surface area contributed by atoms with Gasteiger partial charge in [0.05, 0.1) is 6.54 Å². The summed E-state index contributed by atoms with van der Waals surface area (Å²) >= 11 is 0. The van der Waals surface area contributed by atoms with Crippen molar-refractivity contribution in [2.75, 3.05) is 13.1 Å². The first-order valence-corrected chi connectivity index (χ1v) is 5.18. The molecule has 5 heteroatoms. The molecule has 0 saturated heterocycles. The molecule has 0 rings (SSSR count). The number of amides is 3. The van der Waals surface area contributed by atoms with Crippen LogP contribution in [-0.2, 0) is 4.79 Å². The van der Waals surface area contributed by atoms with Gasteiger partial charge in [-0.15, -0.1) is 0 Å². The molecule has 0 spiro atoms. The highest BCUT2D eigenvalue weighted by Crippen LogP contribution is 1.96. The van der Waals surface area contributed by atoms with E-state index >= 15 is 0 Å². The summed E-state index contributed by atoms with van der Waals surface area (Å²) in [4.78, 5) is 22.4. The Balaban J connectivity index is 3.67. The Morgan fingerprint density at radius 3 is 2.20 bits per heavy atom. The fourth-order valence-corrected chi connectivity index (χ4v) is 0.872. The number of carbonyl (C=O) groups is 2. The SMILES string of the molecule is CCCNC(=O)CNC(=O)NC(C)(C)C. The Morgan fingerprint density at radius 1 is 1.13 bits per heavy atom. The molecule has 0 fully saturated rings. The van der Waals surface area contributed by atoms with E-state index in [1.165, 1.54) is 0 Å². The molecule has 15 heavy (non-hydrogen) atoms. The minimum atomic E-state index is -0.325. The quantitative estimate of drug-likeness (QED) is 0.643. The van der Waals surface area contributed by atoms with E-state index in [1.54, 1.807) is 0 Å². The number of urea groups is 1. The molecule has 0 aromatic heterocycles. The molecule has 88 valence electrons. The summed E-state index contributed by atoms with van der Waals surface area (Å²) in [6.07, 6.45) is 0.889. The van der Waals surface area contributed by atoms with Gasteiger partial charge >= 0.3 is 6.03 Å². The average molecular weight is 215 g/mol. The fourth-order valence-electron chi connectivity index (χ4n) is 0.872. The van der Waals surface area contributed by atoms with Gasteiger partial charge in [-0.2, -0.15) is 0 Å². The first-order valence-electron chi connectivity index (χ1n) is 5.18. The second kappa shape index (κ2) is 6.27. The summed E-state index contributed by atoms with van der Waals surface area (Å²) < 4.78 is 0. The van der Waals surface area contributed by atoms with Gasteiger partial charge in [0.2, 0.25) is 5.91 Å². The van der Waals surface area contributed by atoms with E-state index in [9.17, 15) is 9.59 Å². The predicted molar refractivity (Wildman–Crippen MR) is 59.6 cm³/mol. The van der Waals surface area contributed by atoms with E-state index in [0.717, 1.165) is 6.42 Å². The molecule has 0 bridgehead atoms. The topological polar surface area (TPSA) is 70.2 Å². The van der Waals surface area contributed by atoms with Crippen LogP contribution in [0, 0.1) is 0 Å². The van der Waals surface area contributed by atoms with Crippen molar-refractivity contribution < 1.29 is 9.59 Å². The standard InChI is InChI=1S/C10H21N3O2/c1-5-6-11-8(14)7-12-9(15)13-10(2,3)4/h5-7H2,1-4H3,(H,11,14)(H2,12,13,15). The molecule has 0 aromatic rings. The summed E-state index contributed by atoms with van der Waals surface area (Å²) in [7, 11) is 0. The molecule has 0 unspecified atom stereocenters. The Bertz CT molecular complexity index is 221. The number of carbonyl (C=O) groups excluding carboxylic acids is 2. The van der Waals surface area contributed by atoms with Crippen LogP contribution in [0.25, 0.3) is 0 Å². The summed E-state index contributed by atoms with van der Waals surface area (Å²) in [6.45, 7) is 8.26. The van der Waals surface area contributed by atoms with Crippen LogP contribution in [0.1, 0.15) is 34.1 Å². The second-order valence-corrected chi connectivity index (χ2v) is 4.41. The van der Waals surface area contributed by atoms with Crippen LogP contribution in [0.4, 0.5) is 4.79 Å². The maximum absolute atomic E-state index is 11.2. The first-order chi connectivity index (χ1) is 6.85. The summed E-state index contributed by atoms with van der Waals surface area (Å²) in [6, 6.07) is -0.325. The fraction of sp³-hybridized carbons (Fsp3) is 0.800. The minimum Gasteiger partial charge on any atom is -0.355 e. The number of hydrogen-bond donors (Lipinski definition) is 3. The van der Waals surface area contributed by atoms with Gasteiger partial charge in [-0.25, -0.2) is 4.79 Å². The molecule has 0 aliphatic rings. The molecule has 0 heterocycles. The molecule has 0 aliphatic heterocycles. The molecule has 0 saturated carbocycles. The van der Waals surface area contributed by atoms with Crippen molar-refractivity contribution in [2.24, 2.45) is 0 Å². The lowest BCUT2D eigenvalue weighted by Crippen LogP contribution is -2.48. The third-order valence-electron chi connectivity index (χ3n) is 1.47. The third-order valence-corrected chi connectivity index (χ3v) is 1.47. The van der Waals surface area contributed by atoms with Crippen LogP contribution in [0.3, 0.4) is 0 Å². The van der Waals surface area contributed by atoms with Crippen LogP contribution in [0.2, 0.25) is 0 Å². The van der Waals surface area contributed by atoms with Crippen LogP contribution < -0.4 is 16.0 Å². The minimum absolute atomic E-state index is 0.0158. The van der Waals surface area contributed by atoms with E-state index in [2.05, 4.69) is 16.0 Å². The number of rotatable bonds is 4. The van der Waals surface area contributed by atoms with Gasteiger partial charge in [0.25, 0.3) is 0 Å². The average Bonchev–Trinajstić information content (AvgIpc) is 2.08. The smallest absolute Gasteiger partial charge is 0.315 e. The van der Waals surface area contributed by atoms with Crippen molar-refractivity contribution in [3.05, 3.63) is 0 Å². The van der Waals surface area contributed by atoms with Crippen molar-refractivity contribution in [2.45, 2.75) is 39.7 Å². The summed E-state index contributed by atoms with van der Waals surface area (Å²) in [5.74, 6) is -0.166. The zero-order chi connectivity index (χ0) is 11.9. The van der Waals surface area contributed by atoms with Gasteiger partial charge in [-0.3, -0.25) is 4.79 Å². The zero-order valence-electron chi connectivity index (χ0n) is 9.94. The lowest BCUT2D eigenvalue weighted by molar-refractivity contribution is -0.120. The summed E-state index contributed by atoms with van der Waals surface area (Å²) in [5.41, 5.74) is -0.288. The van der Waals surface area contributed by atoms with Gasteiger partial charge in [0.1, 0.15) is 0 Å². The van der Waals surface area contributed by atoms with Crippen LogP contribution in [0.5, 0.6) is 0 Å². The largest absolute Gasteiger partial charge is 0.355 e. The molecular formula is C10H21N3O2. The van der Waals surface area contributed by atoms with Crippen molar-refractivity contribution in [1.29, 1.82) is 0 Å². The van der Waals surface area contributed by atoms with Crippen molar-refractivity contribution in [3.63, 3.8) is 0 Å². The van der Waals surface area contributed by atoms with E-state index in [0.29, 0.717) is 6.54 Å². The van der Waals surface area contributed by atoms with E-state index in [1.807, 2.05) is 27.7 Å². The number of nitrogens with one attached hydrogen (secondary N) is 3. The Hall–Kier alpha value is -1.26. The van der Waals surface area contributed by atoms with Gasteiger partial charge in [0, 0.05) is 12.1 Å². The molecule has 0 radical (unpaired) electrons. The van der Waals surface area contributed by atoms with Gasteiger partial charge in [-0.1, -0.05) is 6.92 Å². The molecular weight excluding hydrogens is 194 g/mol. The zero-order valence-corrected chi connectivity index (χ0v) is 9.94. The van der Waals surface area contributed by atoms with E-state index in [-0.39, 0.29) is 24.0 Å². The lowest BCUT2D eigenvalue weighted by atomic mass is 10.1. The molecule has 0 atom stereocenters. The van der Waals surface area contributed by atoms with Crippen LogP contribution >= 0.6 is 0 Å². The Kier molecular flexibility index (Phi) is 5.74. The molecule has 3 amide bonds. The summed E-state index contributed by atoms with van der Waals surface area (Å²) in [5, 5.41) is 7.86.